The average Bonchev–Trinajstić information content (AvgIpc) is 2.58. The van der Waals surface area contributed by atoms with Crippen LogP contribution in [-0.4, -0.2) is 25.9 Å². The molecule has 2 nitrogen and oxygen atoms in total. The maximum absolute atomic E-state index is 5.60. The standard InChI is InChI=1S/C9H14O2/c1-2-5-11-9(3-1)8-4-6-10-7-8/h1-2,8-9H,3-7H2. The molecule has 0 bridgehead atoms. The number of hydrogen-bond donors (Lipinski definition) is 0. The molecule has 2 atom stereocenters. The molecule has 0 saturated carbocycles. The molecule has 11 heavy (non-hydrogen) atoms. The fourth-order valence-electron chi connectivity index (χ4n) is 1.72. The summed E-state index contributed by atoms with van der Waals surface area (Å²) in [4.78, 5) is 0. The van der Waals surface area contributed by atoms with Crippen LogP contribution in [0.4, 0.5) is 0 Å². The second-order valence-corrected chi connectivity index (χ2v) is 3.20. The highest BCUT2D eigenvalue weighted by Crippen LogP contribution is 2.23. The smallest absolute Gasteiger partial charge is 0.0664 e. The van der Waals surface area contributed by atoms with E-state index in [0.717, 1.165) is 26.2 Å². The number of rotatable bonds is 1. The van der Waals surface area contributed by atoms with Gasteiger partial charge in [0.2, 0.25) is 0 Å². The van der Waals surface area contributed by atoms with Crippen molar-refractivity contribution in [2.75, 3.05) is 19.8 Å². The van der Waals surface area contributed by atoms with Crippen molar-refractivity contribution in [3.05, 3.63) is 12.2 Å². The lowest BCUT2D eigenvalue weighted by molar-refractivity contribution is 0.0196. The molecule has 2 heteroatoms. The molecule has 62 valence electrons. The zero-order valence-electron chi connectivity index (χ0n) is 6.66. The Balaban J connectivity index is 1.88. The highest BCUT2D eigenvalue weighted by Gasteiger charge is 2.26. The molecule has 2 aliphatic rings. The average molecular weight is 154 g/mol. The van der Waals surface area contributed by atoms with Crippen LogP contribution in [0.25, 0.3) is 0 Å². The Morgan fingerprint density at radius 1 is 1.27 bits per heavy atom. The number of hydrogen-bond acceptors (Lipinski definition) is 2. The van der Waals surface area contributed by atoms with Gasteiger partial charge >= 0.3 is 0 Å². The van der Waals surface area contributed by atoms with Crippen molar-refractivity contribution < 1.29 is 9.47 Å². The first kappa shape index (κ1) is 7.32. The van der Waals surface area contributed by atoms with Crippen molar-refractivity contribution in [1.29, 1.82) is 0 Å². The first-order valence-corrected chi connectivity index (χ1v) is 4.31. The first-order chi connectivity index (χ1) is 5.47. The Morgan fingerprint density at radius 2 is 2.27 bits per heavy atom. The van der Waals surface area contributed by atoms with Crippen LogP contribution in [0.5, 0.6) is 0 Å². The fraction of sp³-hybridized carbons (Fsp3) is 0.778. The van der Waals surface area contributed by atoms with Crippen LogP contribution in [-0.2, 0) is 9.47 Å². The lowest BCUT2D eigenvalue weighted by Gasteiger charge is -2.23. The minimum Gasteiger partial charge on any atom is -0.381 e. The Bertz CT molecular complexity index is 148. The molecular formula is C9H14O2. The summed E-state index contributed by atoms with van der Waals surface area (Å²) in [7, 11) is 0. The lowest BCUT2D eigenvalue weighted by Crippen LogP contribution is -2.25. The predicted octanol–water partition coefficient (Wildman–Crippen LogP) is 1.37. The van der Waals surface area contributed by atoms with Crippen molar-refractivity contribution in [2.45, 2.75) is 18.9 Å². The molecule has 0 spiro atoms. The summed E-state index contributed by atoms with van der Waals surface area (Å²) in [6, 6.07) is 0. The van der Waals surface area contributed by atoms with Crippen LogP contribution < -0.4 is 0 Å². The van der Waals surface area contributed by atoms with Crippen LogP contribution in [0.15, 0.2) is 12.2 Å². The van der Waals surface area contributed by atoms with E-state index in [4.69, 9.17) is 9.47 Å². The van der Waals surface area contributed by atoms with Crippen molar-refractivity contribution >= 4 is 0 Å². The molecule has 2 unspecified atom stereocenters. The van der Waals surface area contributed by atoms with Gasteiger partial charge in [0.15, 0.2) is 0 Å². The van der Waals surface area contributed by atoms with Gasteiger partial charge in [-0.2, -0.15) is 0 Å². The van der Waals surface area contributed by atoms with E-state index in [0.29, 0.717) is 12.0 Å². The summed E-state index contributed by atoms with van der Waals surface area (Å²) in [6.07, 6.45) is 6.99. The Morgan fingerprint density at radius 3 is 2.91 bits per heavy atom. The fourth-order valence-corrected chi connectivity index (χ4v) is 1.72. The molecule has 0 aromatic carbocycles. The summed E-state index contributed by atoms with van der Waals surface area (Å²) in [5, 5.41) is 0. The monoisotopic (exact) mass is 154 g/mol. The summed E-state index contributed by atoms with van der Waals surface area (Å²) < 4.78 is 10.9. The van der Waals surface area contributed by atoms with Crippen molar-refractivity contribution in [3.8, 4) is 0 Å². The topological polar surface area (TPSA) is 18.5 Å². The minimum atomic E-state index is 0.433. The molecule has 0 amide bonds. The normalized spacial score (nSPS) is 37.8. The van der Waals surface area contributed by atoms with Crippen molar-refractivity contribution in [2.24, 2.45) is 5.92 Å². The largest absolute Gasteiger partial charge is 0.381 e. The summed E-state index contributed by atoms with van der Waals surface area (Å²) in [6.45, 7) is 2.62. The third-order valence-corrected chi connectivity index (χ3v) is 2.43. The van der Waals surface area contributed by atoms with Gasteiger partial charge in [-0.05, 0) is 12.8 Å². The van der Waals surface area contributed by atoms with Crippen molar-refractivity contribution in [1.82, 2.24) is 0 Å². The molecule has 0 radical (unpaired) electrons. The van der Waals surface area contributed by atoms with Gasteiger partial charge in [0.1, 0.15) is 0 Å². The van der Waals surface area contributed by atoms with E-state index in [2.05, 4.69) is 12.2 Å². The van der Waals surface area contributed by atoms with E-state index in [1.54, 1.807) is 0 Å². The second-order valence-electron chi connectivity index (χ2n) is 3.20. The molecule has 0 aliphatic carbocycles. The zero-order valence-corrected chi connectivity index (χ0v) is 6.66. The molecular weight excluding hydrogens is 140 g/mol. The van der Waals surface area contributed by atoms with Gasteiger partial charge in [-0.25, -0.2) is 0 Å². The van der Waals surface area contributed by atoms with E-state index >= 15 is 0 Å². The van der Waals surface area contributed by atoms with Crippen LogP contribution in [0.3, 0.4) is 0 Å². The van der Waals surface area contributed by atoms with E-state index in [-0.39, 0.29) is 0 Å². The van der Waals surface area contributed by atoms with Gasteiger partial charge in [0.25, 0.3) is 0 Å². The van der Waals surface area contributed by atoms with E-state index in [1.165, 1.54) is 6.42 Å². The highest BCUT2D eigenvalue weighted by molar-refractivity contribution is 4.92. The third-order valence-electron chi connectivity index (χ3n) is 2.43. The maximum Gasteiger partial charge on any atom is 0.0664 e. The van der Waals surface area contributed by atoms with Crippen LogP contribution in [0.1, 0.15) is 12.8 Å². The first-order valence-electron chi connectivity index (χ1n) is 4.31. The quantitative estimate of drug-likeness (QED) is 0.531. The Kier molecular flexibility index (Phi) is 2.24. The van der Waals surface area contributed by atoms with Gasteiger partial charge < -0.3 is 9.47 Å². The van der Waals surface area contributed by atoms with E-state index < -0.39 is 0 Å². The lowest BCUT2D eigenvalue weighted by atomic mass is 9.98. The predicted molar refractivity (Wildman–Crippen MR) is 42.4 cm³/mol. The number of ether oxygens (including phenoxy) is 2. The van der Waals surface area contributed by atoms with Gasteiger partial charge in [-0.15, -0.1) is 0 Å². The van der Waals surface area contributed by atoms with Gasteiger partial charge in [0.05, 0.1) is 19.3 Å². The van der Waals surface area contributed by atoms with Crippen LogP contribution in [0, 0.1) is 5.92 Å². The molecule has 1 saturated heterocycles. The SMILES string of the molecule is C1=CCC(C2CCOC2)OC1. The van der Waals surface area contributed by atoms with Gasteiger partial charge in [0, 0.05) is 12.5 Å². The second kappa shape index (κ2) is 3.37. The van der Waals surface area contributed by atoms with E-state index in [1.807, 2.05) is 0 Å². The molecule has 1 fully saturated rings. The van der Waals surface area contributed by atoms with Crippen LogP contribution in [0.2, 0.25) is 0 Å². The summed E-state index contributed by atoms with van der Waals surface area (Å²) in [5.41, 5.74) is 0. The molecule has 0 aromatic heterocycles. The van der Waals surface area contributed by atoms with Crippen LogP contribution >= 0.6 is 0 Å². The molecule has 2 heterocycles. The minimum absolute atomic E-state index is 0.433. The summed E-state index contributed by atoms with van der Waals surface area (Å²) >= 11 is 0. The third kappa shape index (κ3) is 1.63. The summed E-state index contributed by atoms with van der Waals surface area (Å²) in [5.74, 6) is 0.653. The molecule has 2 aliphatic heterocycles. The highest BCUT2D eigenvalue weighted by atomic mass is 16.5. The van der Waals surface area contributed by atoms with Gasteiger partial charge in [-0.3, -0.25) is 0 Å². The maximum atomic E-state index is 5.60. The van der Waals surface area contributed by atoms with Gasteiger partial charge in [-0.1, -0.05) is 12.2 Å². The van der Waals surface area contributed by atoms with Crippen molar-refractivity contribution in [3.63, 3.8) is 0 Å². The van der Waals surface area contributed by atoms with E-state index in [9.17, 15) is 0 Å². The molecule has 0 aromatic rings. The Labute approximate surface area is 67.2 Å². The zero-order chi connectivity index (χ0) is 7.52. The molecule has 0 N–H and O–H groups in total. The Hall–Kier alpha value is -0.340. The molecule has 2 rings (SSSR count).